The van der Waals surface area contributed by atoms with E-state index in [1.807, 2.05) is 26.8 Å². The molecular weight excluding hydrogens is 1660 g/mol. The van der Waals surface area contributed by atoms with E-state index in [2.05, 4.69) is 493 Å². The lowest BCUT2D eigenvalue weighted by molar-refractivity contribution is -0.659. The third kappa shape index (κ3) is 21.7. The Morgan fingerprint density at radius 2 is 0.453 bits per heavy atom. The molecule has 0 radical (unpaired) electrons. The predicted octanol–water partition coefficient (Wildman–Crippen LogP) is 31.6. The molecule has 6 heterocycles. The number of aromatic nitrogens is 6. The highest BCUT2D eigenvalue weighted by Gasteiger charge is 2.28. The molecule has 0 fully saturated rings. The molecule has 12 aromatic carbocycles. The first-order valence-electron chi connectivity index (χ1n) is 49.5. The summed E-state index contributed by atoms with van der Waals surface area (Å²) in [6.45, 7) is 63.6. The Balaban J connectivity index is 0.000000139. The number of fused-ring (bicyclic) bond motifs is 6. The van der Waals surface area contributed by atoms with Crippen LogP contribution in [0.15, 0.2) is 250 Å². The number of rotatable bonds is 11. The maximum Gasteiger partial charge on any atom is 0.220 e. The van der Waals surface area contributed by atoms with Crippen LogP contribution in [-0.4, -0.2) is 0 Å². The summed E-state index contributed by atoms with van der Waals surface area (Å²) in [4.78, 5) is 0. The van der Waals surface area contributed by atoms with Gasteiger partial charge in [-0.25, -0.2) is 31.8 Å². The van der Waals surface area contributed by atoms with Gasteiger partial charge in [0.2, 0.25) is 34.2 Å². The van der Waals surface area contributed by atoms with E-state index in [1.54, 1.807) is 0 Å². The second-order valence-electron chi connectivity index (χ2n) is 41.3. The fourth-order valence-corrected chi connectivity index (χ4v) is 20.2. The van der Waals surface area contributed by atoms with Crippen LogP contribution in [0.4, 0.5) is 4.39 Å². The highest BCUT2D eigenvalue weighted by atomic mass is 19.1. The Morgan fingerprint density at radius 1 is 0.190 bits per heavy atom. The molecule has 0 saturated carbocycles. The first-order valence-corrected chi connectivity index (χ1v) is 49.5. The summed E-state index contributed by atoms with van der Waals surface area (Å²) in [5.74, 6) is 2.54. The zero-order valence-electron chi connectivity index (χ0n) is 89.1. The number of hydrogen-bond acceptors (Lipinski definition) is 0. The summed E-state index contributed by atoms with van der Waals surface area (Å²) >= 11 is 0. The summed E-state index contributed by atoms with van der Waals surface area (Å²) in [5, 5.41) is 15.7. The minimum Gasteiger partial charge on any atom is -0.206 e. The molecule has 0 saturated heterocycles. The minimum absolute atomic E-state index is 0.0954. The molecule has 0 aliphatic rings. The summed E-state index contributed by atoms with van der Waals surface area (Å²) in [6, 6.07) is 78.7. The third-order valence-electron chi connectivity index (χ3n) is 29.0. The van der Waals surface area contributed by atoms with Crippen LogP contribution >= 0.6 is 0 Å². The van der Waals surface area contributed by atoms with E-state index in [9.17, 15) is 4.39 Å². The molecule has 0 aliphatic carbocycles. The van der Waals surface area contributed by atoms with Gasteiger partial charge in [-0.3, -0.25) is 0 Å². The molecule has 0 amide bonds. The standard InChI is InChI=1S/C25H32N.C22H25FN.2C22H26N.C20H22N.C19H20N/c1-15(2)21-13-20-9-10-26(8)25(24(20)14-22(21)16(3)4)23-12-17(5)11-18(6)19(23)7;1-13(2)18-8-7-17-9-10-24(6)22(20(17)12-18)19-11-14(3)21(23)16(5)15(19)4;1-14(2)18-7-8-20-19(13-18)9-10-23(6)22(20)21-12-15(3)11-16(4)17(21)5;1-14(2)19-8-7-18-9-10-23(6)22(21(18)13-19)20-12-15(3)11-16(4)17(20)5;1-13-6-7-17-8-9-21(5)20(19(17)11-13)18-12-14(2)10-15(3)16(18)4;1-13-11-14(2)15(3)18(12-13)19-17-8-6-5-7-16(17)9-10-20(19)4/h9-16H,1-8H3;7-13H,1-6H3;2*7-14H,1-6H3;6-12H,1-5H3;5-12H,1-4H3/q6*+1. The van der Waals surface area contributed by atoms with Crippen molar-refractivity contribution in [3.05, 3.63) is 389 Å². The maximum atomic E-state index is 14.3. The van der Waals surface area contributed by atoms with E-state index < -0.39 is 0 Å². The van der Waals surface area contributed by atoms with Gasteiger partial charge in [0.15, 0.2) is 37.2 Å². The van der Waals surface area contributed by atoms with Crippen LogP contribution in [0.25, 0.3) is 132 Å². The molecule has 18 aromatic rings. The number of benzene rings is 12. The SMILES string of the molecule is Cc1cc(-c2c3cc(C(C)C)ccc3cc[n+]2C)c(C)c(C)c1F.Cc1cc(C)c(C)c(-c2c3cc(C(C)C)c(C(C)C)cc3cc[n+]2C)c1.Cc1cc(C)c(C)c(-c2c3cc(C(C)C)ccc3cc[n+]2C)c1.Cc1cc(C)c(C)c(-c2c3cc(C)ccc3cc[n+]2C)c1.Cc1cc(C)c(C)c(-c2c3ccc(C(C)C)cc3cc[n+]2C)c1.Cc1cc(C)c(C)c(-c2c3ccccc3cc[n+]2C)c1. The number of nitrogens with zero attached hydrogens (tertiary/aromatic N) is 6. The van der Waals surface area contributed by atoms with Crippen molar-refractivity contribution in [1.82, 2.24) is 0 Å². The third-order valence-corrected chi connectivity index (χ3v) is 29.0. The molecule has 7 heteroatoms. The van der Waals surface area contributed by atoms with Crippen LogP contribution in [0, 0.1) is 137 Å². The molecule has 6 nitrogen and oxygen atoms in total. The molecule has 18 rings (SSSR count). The Morgan fingerprint density at radius 3 is 0.796 bits per heavy atom. The lowest BCUT2D eigenvalue weighted by atomic mass is 9.86. The first kappa shape index (κ1) is 101. The summed E-state index contributed by atoms with van der Waals surface area (Å²) in [5.41, 5.74) is 46.6. The van der Waals surface area contributed by atoms with Crippen molar-refractivity contribution < 1.29 is 31.8 Å². The van der Waals surface area contributed by atoms with Gasteiger partial charge in [0, 0.05) is 36.4 Å². The predicted molar refractivity (Wildman–Crippen MR) is 584 cm³/mol. The zero-order chi connectivity index (χ0) is 99.6. The molecule has 0 bridgehead atoms. The summed E-state index contributed by atoms with van der Waals surface area (Å²) < 4.78 is 27.7. The van der Waals surface area contributed by atoms with Crippen molar-refractivity contribution in [3.63, 3.8) is 0 Å². The molecule has 0 atom stereocenters. The van der Waals surface area contributed by atoms with Gasteiger partial charge in [-0.1, -0.05) is 206 Å². The average Bonchev–Trinajstić information content (AvgIpc) is 0.782. The first-order chi connectivity index (χ1) is 64.8. The van der Waals surface area contributed by atoms with Crippen molar-refractivity contribution in [2.24, 2.45) is 42.3 Å². The Kier molecular flexibility index (Phi) is 31.4. The van der Waals surface area contributed by atoms with Crippen LogP contribution in [0.2, 0.25) is 0 Å². The highest BCUT2D eigenvalue weighted by Crippen LogP contribution is 2.41. The molecule has 6 aromatic heterocycles. The van der Waals surface area contributed by atoms with Crippen molar-refractivity contribution in [3.8, 4) is 67.5 Å². The number of aryl methyl sites for hydroxylation is 18. The molecule has 137 heavy (non-hydrogen) atoms. The van der Waals surface area contributed by atoms with Gasteiger partial charge in [0.25, 0.3) is 0 Å². The Bertz CT molecular complexity index is 7670. The van der Waals surface area contributed by atoms with Gasteiger partial charge in [-0.2, -0.15) is 0 Å². The van der Waals surface area contributed by atoms with Crippen LogP contribution in [0.3, 0.4) is 0 Å². The van der Waals surface area contributed by atoms with Crippen LogP contribution in [0.5, 0.6) is 0 Å². The van der Waals surface area contributed by atoms with E-state index in [-0.39, 0.29) is 5.82 Å². The van der Waals surface area contributed by atoms with Gasteiger partial charge in [0.1, 0.15) is 48.1 Å². The molecular formula is C130H151FN6+6. The van der Waals surface area contributed by atoms with E-state index >= 15 is 0 Å². The van der Waals surface area contributed by atoms with E-state index in [0.717, 1.165) is 22.4 Å². The second-order valence-corrected chi connectivity index (χ2v) is 41.3. The minimum atomic E-state index is -0.0954. The Labute approximate surface area is 820 Å². The topological polar surface area (TPSA) is 23.3 Å². The summed E-state index contributed by atoms with van der Waals surface area (Å²) in [7, 11) is 12.8. The van der Waals surface area contributed by atoms with E-state index in [1.165, 1.54) is 238 Å². The van der Waals surface area contributed by atoms with Crippen LogP contribution in [-0.2, 0) is 42.3 Å². The fourth-order valence-electron chi connectivity index (χ4n) is 20.2. The van der Waals surface area contributed by atoms with Crippen LogP contribution in [0.1, 0.15) is 232 Å². The fraction of sp³-hybridized carbons (Fsp3) is 0.308. The summed E-state index contributed by atoms with van der Waals surface area (Å²) in [6.07, 6.45) is 12.9. The monoisotopic (exact) mass is 1820 g/mol. The van der Waals surface area contributed by atoms with Crippen molar-refractivity contribution >= 4 is 64.6 Å². The van der Waals surface area contributed by atoms with Gasteiger partial charge in [0.05, 0.1) is 65.7 Å². The normalized spacial score (nSPS) is 11.4. The Hall–Kier alpha value is -13.0. The van der Waals surface area contributed by atoms with Crippen LogP contribution < -0.4 is 27.4 Å². The molecule has 0 N–H and O–H groups in total. The van der Waals surface area contributed by atoms with Gasteiger partial charge >= 0.3 is 0 Å². The number of hydrogen-bond donors (Lipinski definition) is 0. The van der Waals surface area contributed by atoms with Gasteiger partial charge in [-0.05, 0) is 366 Å². The van der Waals surface area contributed by atoms with Crippen molar-refractivity contribution in [2.45, 2.75) is 230 Å². The number of pyridine rings is 6. The molecule has 0 aliphatic heterocycles. The van der Waals surface area contributed by atoms with E-state index in [4.69, 9.17) is 0 Å². The maximum absolute atomic E-state index is 14.3. The second kappa shape index (κ2) is 42.3. The quantitative estimate of drug-likeness (QED) is 0.115. The van der Waals surface area contributed by atoms with Gasteiger partial charge in [-0.15, -0.1) is 0 Å². The smallest absolute Gasteiger partial charge is 0.206 e. The zero-order valence-corrected chi connectivity index (χ0v) is 89.1. The highest BCUT2D eigenvalue weighted by molar-refractivity contribution is 6.00. The number of halogens is 1. The lowest BCUT2D eigenvalue weighted by Crippen LogP contribution is -2.31. The largest absolute Gasteiger partial charge is 0.220 e. The van der Waals surface area contributed by atoms with Crippen molar-refractivity contribution in [2.75, 3.05) is 0 Å². The average molecular weight is 1820 g/mol. The molecule has 702 valence electrons. The molecule has 0 spiro atoms. The van der Waals surface area contributed by atoms with E-state index in [0.29, 0.717) is 35.2 Å². The molecule has 0 unspecified atom stereocenters. The van der Waals surface area contributed by atoms with Crippen molar-refractivity contribution in [1.29, 1.82) is 0 Å². The van der Waals surface area contributed by atoms with Gasteiger partial charge < -0.3 is 0 Å². The lowest BCUT2D eigenvalue weighted by Gasteiger charge is -2.18.